The van der Waals surface area contributed by atoms with Gasteiger partial charge in [-0.1, -0.05) is 24.4 Å². The molecule has 0 aliphatic rings. The Kier molecular flexibility index (Phi) is 7.50. The molecule has 1 aromatic rings. The van der Waals surface area contributed by atoms with Crippen LogP contribution in [0.25, 0.3) is 0 Å². The van der Waals surface area contributed by atoms with Gasteiger partial charge in [-0.15, -0.1) is 12.6 Å². The molecule has 4 nitrogen and oxygen atoms in total. The van der Waals surface area contributed by atoms with Gasteiger partial charge in [-0.05, 0) is 24.3 Å². The summed E-state index contributed by atoms with van der Waals surface area (Å²) in [7, 11) is 0. The van der Waals surface area contributed by atoms with Crippen LogP contribution in [0.3, 0.4) is 0 Å². The van der Waals surface area contributed by atoms with E-state index >= 15 is 0 Å². The Morgan fingerprint density at radius 3 is 2.30 bits per heavy atom. The number of thiol groups is 1. The van der Waals surface area contributed by atoms with Crippen molar-refractivity contribution in [1.29, 1.82) is 0 Å². The van der Waals surface area contributed by atoms with Crippen LogP contribution in [0.15, 0.2) is 24.3 Å². The third-order valence-electron chi connectivity index (χ3n) is 2.43. The van der Waals surface area contributed by atoms with E-state index in [1.165, 1.54) is 0 Å². The van der Waals surface area contributed by atoms with Gasteiger partial charge in [0.25, 0.3) is 0 Å². The molecule has 0 aliphatic carbocycles. The summed E-state index contributed by atoms with van der Waals surface area (Å²) in [4.78, 5) is 11.9. The van der Waals surface area contributed by atoms with Gasteiger partial charge in [0.15, 0.2) is 5.12 Å². The number of hydrogen-bond donors (Lipinski definition) is 4. The van der Waals surface area contributed by atoms with Crippen LogP contribution in [-0.2, 0) is 4.79 Å². The summed E-state index contributed by atoms with van der Waals surface area (Å²) in [6.45, 7) is 1.12. The van der Waals surface area contributed by atoms with E-state index in [2.05, 4.69) is 23.3 Å². The molecule has 0 heterocycles. The van der Waals surface area contributed by atoms with E-state index in [1.54, 1.807) is 24.3 Å². The minimum Gasteiger partial charge on any atom is -0.508 e. The Morgan fingerprint density at radius 2 is 1.70 bits per heavy atom. The number of carbonyl (C=O) groups excluding carboxylic acids is 1. The number of benzene rings is 1. The quantitative estimate of drug-likeness (QED) is 0.452. The number of phenols is 1. The second-order valence-corrected chi connectivity index (χ2v) is 5.45. The van der Waals surface area contributed by atoms with E-state index in [1.807, 2.05) is 0 Å². The zero-order chi connectivity index (χ0) is 15.0. The SMILES string of the molecule is O=C(S)CCNC(=S)CCNC(=S)c1ccc(O)cc1. The Bertz CT molecular complexity index is 489. The van der Waals surface area contributed by atoms with Gasteiger partial charge >= 0.3 is 0 Å². The average Bonchev–Trinajstić information content (AvgIpc) is 2.39. The first-order valence-corrected chi connectivity index (χ1v) is 7.31. The molecule has 1 aromatic carbocycles. The van der Waals surface area contributed by atoms with Crippen LogP contribution in [0.2, 0.25) is 0 Å². The van der Waals surface area contributed by atoms with Crippen LogP contribution in [0, 0.1) is 0 Å². The molecule has 0 spiro atoms. The smallest absolute Gasteiger partial charge is 0.187 e. The van der Waals surface area contributed by atoms with Crippen LogP contribution < -0.4 is 10.6 Å². The molecule has 20 heavy (non-hydrogen) atoms. The highest BCUT2D eigenvalue weighted by molar-refractivity contribution is 7.96. The van der Waals surface area contributed by atoms with Crippen molar-refractivity contribution >= 4 is 52.2 Å². The average molecular weight is 328 g/mol. The normalized spacial score (nSPS) is 9.85. The molecule has 0 aliphatic heterocycles. The molecule has 0 fully saturated rings. The van der Waals surface area contributed by atoms with Crippen LogP contribution in [-0.4, -0.2) is 33.3 Å². The number of aromatic hydroxyl groups is 1. The standard InChI is InChI=1S/C13H16N2O2S3/c16-10-3-1-9(2-4-10)13(20)15-7-5-11(18)14-8-6-12(17)19/h1-4,16H,5-8H2,(H,14,18)(H,15,20)(H,17,19). The van der Waals surface area contributed by atoms with Crippen molar-refractivity contribution in [3.8, 4) is 5.75 Å². The Labute approximate surface area is 134 Å². The highest BCUT2D eigenvalue weighted by Gasteiger charge is 2.02. The lowest BCUT2D eigenvalue weighted by molar-refractivity contribution is -0.110. The largest absolute Gasteiger partial charge is 0.508 e. The highest BCUT2D eigenvalue weighted by atomic mass is 32.1. The van der Waals surface area contributed by atoms with E-state index in [0.29, 0.717) is 35.9 Å². The lowest BCUT2D eigenvalue weighted by Crippen LogP contribution is -2.30. The molecule has 3 N–H and O–H groups in total. The first-order valence-electron chi connectivity index (χ1n) is 6.05. The molecule has 0 atom stereocenters. The minimum atomic E-state index is -0.160. The van der Waals surface area contributed by atoms with Gasteiger partial charge in [-0.2, -0.15) is 0 Å². The van der Waals surface area contributed by atoms with Crippen LogP contribution in [0.1, 0.15) is 18.4 Å². The predicted octanol–water partition coefficient (Wildman–Crippen LogP) is 1.81. The minimum absolute atomic E-state index is 0.160. The topological polar surface area (TPSA) is 61.4 Å². The molecule has 1 rings (SSSR count). The molecule has 0 unspecified atom stereocenters. The van der Waals surface area contributed by atoms with E-state index in [4.69, 9.17) is 24.4 Å². The molecule has 0 amide bonds. The van der Waals surface area contributed by atoms with Crippen LogP contribution in [0.5, 0.6) is 5.75 Å². The maximum atomic E-state index is 10.6. The summed E-state index contributed by atoms with van der Waals surface area (Å²) >= 11 is 14.0. The van der Waals surface area contributed by atoms with E-state index < -0.39 is 0 Å². The summed E-state index contributed by atoms with van der Waals surface area (Å²) in [5.41, 5.74) is 0.845. The summed E-state index contributed by atoms with van der Waals surface area (Å²) in [5.74, 6) is 0.209. The fraction of sp³-hybridized carbons (Fsp3) is 0.308. The first-order chi connectivity index (χ1) is 9.49. The number of phenolic OH excluding ortho intramolecular Hbond substituents is 1. The monoisotopic (exact) mass is 328 g/mol. The highest BCUT2D eigenvalue weighted by Crippen LogP contribution is 2.09. The Balaban J connectivity index is 2.23. The summed E-state index contributed by atoms with van der Waals surface area (Å²) in [6, 6.07) is 6.67. The fourth-order valence-corrected chi connectivity index (χ4v) is 1.96. The predicted molar refractivity (Wildman–Crippen MR) is 91.6 cm³/mol. The van der Waals surface area contributed by atoms with Gasteiger partial charge in [-0.3, -0.25) is 4.79 Å². The molecular formula is C13H16N2O2S3. The van der Waals surface area contributed by atoms with Gasteiger partial charge in [0, 0.05) is 31.5 Å². The zero-order valence-corrected chi connectivity index (χ0v) is 13.3. The van der Waals surface area contributed by atoms with Crippen molar-refractivity contribution in [2.75, 3.05) is 13.1 Å². The third kappa shape index (κ3) is 6.83. The molecule has 0 saturated carbocycles. The first kappa shape index (κ1) is 16.9. The maximum absolute atomic E-state index is 10.6. The zero-order valence-electron chi connectivity index (χ0n) is 10.8. The van der Waals surface area contributed by atoms with Crippen molar-refractivity contribution in [3.05, 3.63) is 29.8 Å². The fourth-order valence-electron chi connectivity index (χ4n) is 1.40. The molecule has 108 valence electrons. The summed E-state index contributed by atoms with van der Waals surface area (Å²) < 4.78 is 0. The molecule has 7 heteroatoms. The second-order valence-electron chi connectivity index (χ2n) is 4.05. The summed E-state index contributed by atoms with van der Waals surface area (Å²) in [6.07, 6.45) is 0.983. The van der Waals surface area contributed by atoms with E-state index in [9.17, 15) is 9.90 Å². The number of carbonyl (C=O) groups is 1. The van der Waals surface area contributed by atoms with Crippen molar-refractivity contribution in [2.24, 2.45) is 0 Å². The lowest BCUT2D eigenvalue weighted by Gasteiger charge is -2.10. The van der Waals surface area contributed by atoms with Crippen molar-refractivity contribution in [3.63, 3.8) is 0 Å². The van der Waals surface area contributed by atoms with Crippen LogP contribution in [0.4, 0.5) is 0 Å². The summed E-state index contributed by atoms with van der Waals surface area (Å²) in [5, 5.41) is 15.1. The molecule has 0 bridgehead atoms. The third-order valence-corrected chi connectivity index (χ3v) is 3.38. The van der Waals surface area contributed by atoms with Crippen molar-refractivity contribution in [2.45, 2.75) is 12.8 Å². The molecular weight excluding hydrogens is 312 g/mol. The second kappa shape index (κ2) is 8.89. The van der Waals surface area contributed by atoms with Gasteiger partial charge in [-0.25, -0.2) is 0 Å². The van der Waals surface area contributed by atoms with Crippen LogP contribution >= 0.6 is 37.1 Å². The number of thiocarbonyl (C=S) groups is 2. The Morgan fingerprint density at radius 1 is 1.10 bits per heavy atom. The lowest BCUT2D eigenvalue weighted by atomic mass is 10.2. The molecule has 0 aromatic heterocycles. The number of rotatable bonds is 7. The van der Waals surface area contributed by atoms with E-state index in [-0.39, 0.29) is 10.9 Å². The van der Waals surface area contributed by atoms with Crippen molar-refractivity contribution in [1.82, 2.24) is 10.6 Å². The maximum Gasteiger partial charge on any atom is 0.187 e. The molecule has 0 radical (unpaired) electrons. The van der Waals surface area contributed by atoms with Crippen molar-refractivity contribution < 1.29 is 9.90 Å². The number of nitrogens with one attached hydrogen (secondary N) is 2. The Hall–Kier alpha value is -1.18. The van der Waals surface area contributed by atoms with Gasteiger partial charge in [0.1, 0.15) is 10.7 Å². The van der Waals surface area contributed by atoms with Gasteiger partial charge < -0.3 is 15.7 Å². The van der Waals surface area contributed by atoms with Gasteiger partial charge in [0.2, 0.25) is 0 Å². The van der Waals surface area contributed by atoms with Gasteiger partial charge in [0.05, 0.1) is 4.99 Å². The number of hydrogen-bond acceptors (Lipinski definition) is 4. The molecule has 0 saturated heterocycles. The van der Waals surface area contributed by atoms with E-state index in [0.717, 1.165) is 5.56 Å².